The van der Waals surface area contributed by atoms with Crippen molar-refractivity contribution in [1.82, 2.24) is 10.3 Å². The van der Waals surface area contributed by atoms with E-state index in [0.29, 0.717) is 0 Å². The van der Waals surface area contributed by atoms with Crippen LogP contribution in [0.5, 0.6) is 0 Å². The molecular weight excluding hydrogens is 304 g/mol. The Labute approximate surface area is 135 Å². The zero-order valence-electron chi connectivity index (χ0n) is 15.3. The van der Waals surface area contributed by atoms with Crippen LogP contribution in [0.15, 0.2) is 45.8 Å². The van der Waals surface area contributed by atoms with Crippen LogP contribution >= 0.6 is 0 Å². The molecule has 1 aliphatic rings. The summed E-state index contributed by atoms with van der Waals surface area (Å²) in [5, 5.41) is 17.6. The fraction of sp³-hybridized carbons (Fsp3) is 0.0714. The van der Waals surface area contributed by atoms with Crippen molar-refractivity contribution < 1.29 is 24.4 Å². The van der Waals surface area contributed by atoms with Gasteiger partial charge in [0.2, 0.25) is 5.91 Å². The monoisotopic (exact) mass is 318 g/mol. The largest absolute Gasteiger partial charge is 0.455 e. The number of nitro groups is 1. The maximum absolute atomic E-state index is 11.4. The van der Waals surface area contributed by atoms with Crippen molar-refractivity contribution in [1.29, 1.82) is 0 Å². The van der Waals surface area contributed by atoms with Crippen LogP contribution in [0.4, 0.5) is 10.5 Å². The highest BCUT2D eigenvalue weighted by atomic mass is 16.6. The summed E-state index contributed by atoms with van der Waals surface area (Å²) in [5.41, 5.74) is -1.17. The first-order valence-corrected chi connectivity index (χ1v) is 6.21. The van der Waals surface area contributed by atoms with Gasteiger partial charge in [0.05, 0.1) is 16.6 Å². The molecule has 9 heteroatoms. The molecule has 2 aromatic rings. The standard InChI is InChI=1S/C14H10N4O5/c19-13-8-17(14(20)16-13)15-7-11-5-6-12(23-11)9-1-3-10(4-2-9)18(21)22/h1-7H,8H2,(H,16,19,20)/b15-7+/i1D,2D,3D,4D. The van der Waals surface area contributed by atoms with Gasteiger partial charge in [-0.2, -0.15) is 5.10 Å². The number of urea groups is 1. The fourth-order valence-corrected chi connectivity index (χ4v) is 1.73. The number of nitrogens with zero attached hydrogens (tertiary/aromatic N) is 3. The minimum absolute atomic E-state index is 0.0645. The number of carbonyl (C=O) groups excluding carboxylic acids is 2. The number of nitrogens with one attached hydrogen (secondary N) is 1. The van der Waals surface area contributed by atoms with Crippen LogP contribution in [-0.4, -0.2) is 34.6 Å². The average molecular weight is 318 g/mol. The van der Waals surface area contributed by atoms with Gasteiger partial charge in [0, 0.05) is 17.6 Å². The van der Waals surface area contributed by atoms with Crippen LogP contribution in [0.3, 0.4) is 0 Å². The molecule has 0 aliphatic carbocycles. The predicted molar refractivity (Wildman–Crippen MR) is 78.6 cm³/mol. The Bertz CT molecular complexity index is 990. The summed E-state index contributed by atoms with van der Waals surface area (Å²) in [4.78, 5) is 32.4. The summed E-state index contributed by atoms with van der Waals surface area (Å²) in [7, 11) is 0. The van der Waals surface area contributed by atoms with Gasteiger partial charge < -0.3 is 4.42 Å². The quantitative estimate of drug-likeness (QED) is 0.398. The summed E-state index contributed by atoms with van der Waals surface area (Å²) >= 11 is 0. The average Bonchev–Trinajstić information content (AvgIpc) is 3.17. The maximum atomic E-state index is 11.4. The highest BCUT2D eigenvalue weighted by molar-refractivity contribution is 6.02. The SMILES string of the molecule is [2H]c1c([2H])c([N+](=O)[O-])c([2H])c([2H])c1-c1ccc(/C=N/N2CC(=O)NC2=O)o1. The first-order chi connectivity index (χ1) is 12.7. The van der Waals surface area contributed by atoms with E-state index in [1.54, 1.807) is 0 Å². The van der Waals surface area contributed by atoms with E-state index in [4.69, 9.17) is 9.90 Å². The van der Waals surface area contributed by atoms with Gasteiger partial charge in [-0.25, -0.2) is 9.80 Å². The third-order valence-corrected chi connectivity index (χ3v) is 2.77. The number of hydrazone groups is 1. The summed E-state index contributed by atoms with van der Waals surface area (Å²) in [5.74, 6) is -0.468. The van der Waals surface area contributed by atoms with Crippen LogP contribution in [-0.2, 0) is 4.79 Å². The van der Waals surface area contributed by atoms with Crippen LogP contribution in [0, 0.1) is 10.1 Å². The van der Waals surface area contributed by atoms with Gasteiger partial charge in [0.15, 0.2) is 0 Å². The number of amides is 3. The van der Waals surface area contributed by atoms with Gasteiger partial charge in [-0.1, -0.05) is 0 Å². The van der Waals surface area contributed by atoms with Crippen molar-refractivity contribution in [2.75, 3.05) is 6.54 Å². The second kappa shape index (κ2) is 5.72. The van der Waals surface area contributed by atoms with Gasteiger partial charge in [0.25, 0.3) is 5.69 Å². The number of carbonyl (C=O) groups is 2. The molecule has 0 radical (unpaired) electrons. The Morgan fingerprint density at radius 2 is 2.09 bits per heavy atom. The molecule has 0 spiro atoms. The highest BCUT2D eigenvalue weighted by Crippen LogP contribution is 2.24. The molecule has 1 fully saturated rings. The van der Waals surface area contributed by atoms with Crippen molar-refractivity contribution in [3.8, 4) is 11.3 Å². The Hall–Kier alpha value is -3.49. The molecule has 1 aromatic heterocycles. The molecule has 0 bridgehead atoms. The molecule has 0 saturated carbocycles. The maximum Gasteiger partial charge on any atom is 0.344 e. The Kier molecular flexibility index (Phi) is 2.55. The second-order valence-corrected chi connectivity index (χ2v) is 4.34. The lowest BCUT2D eigenvalue weighted by Gasteiger charge is -2.02. The zero-order chi connectivity index (χ0) is 19.9. The normalized spacial score (nSPS) is 17.0. The lowest BCUT2D eigenvalue weighted by atomic mass is 10.1. The molecule has 116 valence electrons. The van der Waals surface area contributed by atoms with Crippen LogP contribution in [0.1, 0.15) is 11.2 Å². The second-order valence-electron chi connectivity index (χ2n) is 4.34. The van der Waals surface area contributed by atoms with Gasteiger partial charge in [-0.3, -0.25) is 20.2 Å². The molecule has 1 aromatic carbocycles. The molecule has 1 saturated heterocycles. The van der Waals surface area contributed by atoms with Crippen molar-refractivity contribution in [2.45, 2.75) is 0 Å². The molecule has 23 heavy (non-hydrogen) atoms. The molecule has 1 aliphatic heterocycles. The predicted octanol–water partition coefficient (Wildman–Crippen LogP) is 1.74. The Morgan fingerprint density at radius 3 is 2.70 bits per heavy atom. The van der Waals surface area contributed by atoms with Crippen LogP contribution < -0.4 is 5.32 Å². The van der Waals surface area contributed by atoms with Gasteiger partial charge >= 0.3 is 6.03 Å². The minimum Gasteiger partial charge on any atom is -0.455 e. The molecule has 1 N–H and O–H groups in total. The van der Waals surface area contributed by atoms with Crippen LogP contribution in [0.2, 0.25) is 0 Å². The van der Waals surface area contributed by atoms with E-state index in [9.17, 15) is 19.7 Å². The summed E-state index contributed by atoms with van der Waals surface area (Å²) in [6.07, 6.45) is 1.13. The van der Waals surface area contributed by atoms with Crippen molar-refractivity contribution in [3.63, 3.8) is 0 Å². The van der Waals surface area contributed by atoms with Crippen molar-refractivity contribution in [2.24, 2.45) is 5.10 Å². The molecular formula is C14H10N4O5. The van der Waals surface area contributed by atoms with E-state index in [1.807, 2.05) is 5.32 Å². The number of hydrogen-bond donors (Lipinski definition) is 1. The van der Waals surface area contributed by atoms with E-state index in [-0.39, 0.29) is 23.6 Å². The number of hydrogen-bond acceptors (Lipinski definition) is 6. The van der Waals surface area contributed by atoms with Crippen molar-refractivity contribution in [3.05, 3.63) is 52.2 Å². The Morgan fingerprint density at radius 1 is 1.35 bits per heavy atom. The third kappa shape index (κ3) is 3.07. The van der Waals surface area contributed by atoms with E-state index in [0.717, 1.165) is 11.2 Å². The molecule has 2 heterocycles. The van der Waals surface area contributed by atoms with Gasteiger partial charge in [-0.05, 0) is 24.2 Å². The molecule has 3 rings (SSSR count). The number of nitro benzene ring substituents is 1. The summed E-state index contributed by atoms with van der Waals surface area (Å²) in [6.45, 7) is -0.247. The van der Waals surface area contributed by atoms with E-state index >= 15 is 0 Å². The molecule has 3 amide bonds. The zero-order valence-corrected chi connectivity index (χ0v) is 11.3. The van der Waals surface area contributed by atoms with E-state index in [2.05, 4.69) is 5.10 Å². The summed E-state index contributed by atoms with van der Waals surface area (Å²) in [6, 6.07) is -0.799. The van der Waals surface area contributed by atoms with E-state index in [1.165, 1.54) is 12.1 Å². The molecule has 9 nitrogen and oxygen atoms in total. The topological polar surface area (TPSA) is 118 Å². The third-order valence-electron chi connectivity index (χ3n) is 2.77. The number of benzene rings is 1. The van der Waals surface area contributed by atoms with Gasteiger partial charge in [-0.15, -0.1) is 0 Å². The Balaban J connectivity index is 1.96. The lowest BCUT2D eigenvalue weighted by molar-refractivity contribution is -0.384. The fourth-order valence-electron chi connectivity index (χ4n) is 1.73. The van der Waals surface area contributed by atoms with Crippen LogP contribution in [0.25, 0.3) is 11.3 Å². The lowest BCUT2D eigenvalue weighted by Crippen LogP contribution is -2.24. The number of rotatable bonds is 4. The number of imide groups is 1. The van der Waals surface area contributed by atoms with E-state index < -0.39 is 46.7 Å². The highest BCUT2D eigenvalue weighted by Gasteiger charge is 2.26. The molecule has 0 atom stereocenters. The van der Waals surface area contributed by atoms with Gasteiger partial charge in [0.1, 0.15) is 18.1 Å². The minimum atomic E-state index is -0.979. The first-order valence-electron chi connectivity index (χ1n) is 8.21. The smallest absolute Gasteiger partial charge is 0.344 e. The summed E-state index contributed by atoms with van der Waals surface area (Å²) < 4.78 is 36.6. The number of furan rings is 1. The first kappa shape index (κ1) is 10.3. The molecule has 0 unspecified atom stereocenters. The van der Waals surface area contributed by atoms with Crippen molar-refractivity contribution >= 4 is 23.8 Å².